The molecule has 4 nitrogen and oxygen atoms in total. The third kappa shape index (κ3) is 3.20. The van der Waals surface area contributed by atoms with Crippen LogP contribution in [0.3, 0.4) is 0 Å². The molecule has 92 valence electrons. The Balaban J connectivity index is 2.19. The van der Waals surface area contributed by atoms with Gasteiger partial charge in [0.2, 0.25) is 0 Å². The van der Waals surface area contributed by atoms with Crippen LogP contribution in [0.5, 0.6) is 5.75 Å². The van der Waals surface area contributed by atoms with Gasteiger partial charge in [0.15, 0.2) is 0 Å². The molecular weight excluding hydrogens is 411 g/mol. The van der Waals surface area contributed by atoms with E-state index in [-0.39, 0.29) is 11.7 Å². The number of benzene rings is 1. The molecule has 0 saturated carbocycles. The number of nitrogens with zero attached hydrogens (tertiary/aromatic N) is 1. The molecule has 0 fully saturated rings. The number of amides is 1. The summed E-state index contributed by atoms with van der Waals surface area (Å²) >= 11 is 5.29. The Morgan fingerprint density at radius 2 is 2.11 bits per heavy atom. The fraction of sp³-hybridized carbons (Fsp3) is 0. The number of aromatic nitrogens is 1. The summed E-state index contributed by atoms with van der Waals surface area (Å²) in [6.07, 6.45) is 1.59. The van der Waals surface area contributed by atoms with Gasteiger partial charge in [-0.2, -0.15) is 0 Å². The molecule has 2 N–H and O–H groups in total. The summed E-state index contributed by atoms with van der Waals surface area (Å²) in [6, 6.07) is 8.22. The molecule has 1 amide bonds. The molecule has 0 aliphatic heterocycles. The summed E-state index contributed by atoms with van der Waals surface area (Å²) in [5, 5.41) is 12.2. The van der Waals surface area contributed by atoms with Gasteiger partial charge in [0.1, 0.15) is 11.6 Å². The van der Waals surface area contributed by atoms with Crippen molar-refractivity contribution in [1.29, 1.82) is 0 Å². The molecule has 1 aromatic heterocycles. The molecular formula is C12H8BrIN2O2. The Morgan fingerprint density at radius 3 is 2.78 bits per heavy atom. The van der Waals surface area contributed by atoms with Crippen molar-refractivity contribution in [3.63, 3.8) is 0 Å². The molecule has 0 aliphatic rings. The first-order valence-corrected chi connectivity index (χ1v) is 6.85. The van der Waals surface area contributed by atoms with E-state index in [9.17, 15) is 9.90 Å². The maximum Gasteiger partial charge on any atom is 0.256 e. The molecule has 0 unspecified atom stereocenters. The smallest absolute Gasteiger partial charge is 0.256 e. The van der Waals surface area contributed by atoms with E-state index >= 15 is 0 Å². The van der Waals surface area contributed by atoms with E-state index in [4.69, 9.17) is 0 Å². The molecule has 0 atom stereocenters. The number of phenols is 1. The van der Waals surface area contributed by atoms with Gasteiger partial charge in [-0.25, -0.2) is 4.98 Å². The van der Waals surface area contributed by atoms with Crippen LogP contribution in [0, 0.1) is 3.57 Å². The lowest BCUT2D eigenvalue weighted by molar-refractivity contribution is 0.102. The Hall–Kier alpha value is -1.15. The second kappa shape index (κ2) is 5.66. The largest absolute Gasteiger partial charge is 0.507 e. The highest BCUT2D eigenvalue weighted by Crippen LogP contribution is 2.21. The normalized spacial score (nSPS) is 10.1. The van der Waals surface area contributed by atoms with Gasteiger partial charge in [-0.3, -0.25) is 4.79 Å². The fourth-order valence-corrected chi connectivity index (χ4v) is 1.99. The number of nitrogens with one attached hydrogen (secondary N) is 1. The third-order valence-corrected chi connectivity index (χ3v) is 3.58. The van der Waals surface area contributed by atoms with Crippen LogP contribution in [-0.2, 0) is 0 Å². The minimum absolute atomic E-state index is 0.0884. The van der Waals surface area contributed by atoms with Gasteiger partial charge in [-0.1, -0.05) is 15.9 Å². The number of carbonyl (C=O) groups is 1. The van der Waals surface area contributed by atoms with E-state index in [1.807, 2.05) is 22.6 Å². The van der Waals surface area contributed by atoms with Crippen LogP contribution in [0.2, 0.25) is 0 Å². The highest BCUT2D eigenvalue weighted by atomic mass is 127. The fourth-order valence-electron chi connectivity index (χ4n) is 1.32. The number of rotatable bonds is 2. The lowest BCUT2D eigenvalue weighted by Gasteiger charge is -2.05. The topological polar surface area (TPSA) is 62.2 Å². The van der Waals surface area contributed by atoms with Gasteiger partial charge in [0.25, 0.3) is 5.91 Å². The van der Waals surface area contributed by atoms with Crippen molar-refractivity contribution < 1.29 is 9.90 Å². The van der Waals surface area contributed by atoms with Crippen molar-refractivity contribution in [2.75, 3.05) is 5.32 Å². The number of halogens is 2. The Kier molecular flexibility index (Phi) is 4.18. The number of pyridine rings is 1. The summed E-state index contributed by atoms with van der Waals surface area (Å²) in [5.41, 5.74) is 0.384. The van der Waals surface area contributed by atoms with Crippen LogP contribution >= 0.6 is 38.5 Å². The van der Waals surface area contributed by atoms with E-state index < -0.39 is 0 Å². The Labute approximate surface area is 126 Å². The van der Waals surface area contributed by atoms with Crippen LogP contribution < -0.4 is 5.32 Å². The highest BCUT2D eigenvalue weighted by Gasteiger charge is 2.09. The number of hydrogen-bond donors (Lipinski definition) is 2. The SMILES string of the molecule is O=C(Nc1cc(Br)ccn1)c1ccc(I)c(O)c1. The summed E-state index contributed by atoms with van der Waals surface area (Å²) in [6.45, 7) is 0. The van der Waals surface area contributed by atoms with Crippen molar-refractivity contribution in [3.05, 3.63) is 50.1 Å². The van der Waals surface area contributed by atoms with Crippen LogP contribution in [0.15, 0.2) is 41.0 Å². The Morgan fingerprint density at radius 1 is 1.33 bits per heavy atom. The van der Waals surface area contributed by atoms with Crippen molar-refractivity contribution in [2.24, 2.45) is 0 Å². The van der Waals surface area contributed by atoms with E-state index in [0.29, 0.717) is 15.0 Å². The molecule has 18 heavy (non-hydrogen) atoms. The van der Waals surface area contributed by atoms with E-state index in [2.05, 4.69) is 26.2 Å². The second-order valence-electron chi connectivity index (χ2n) is 3.48. The summed E-state index contributed by atoms with van der Waals surface area (Å²) in [4.78, 5) is 15.9. The molecule has 2 rings (SSSR count). The van der Waals surface area contributed by atoms with Crippen molar-refractivity contribution in [3.8, 4) is 5.75 Å². The lowest BCUT2D eigenvalue weighted by Crippen LogP contribution is -2.12. The van der Waals surface area contributed by atoms with Crippen molar-refractivity contribution >= 4 is 50.2 Å². The van der Waals surface area contributed by atoms with Gasteiger partial charge in [0.05, 0.1) is 3.57 Å². The van der Waals surface area contributed by atoms with Gasteiger partial charge in [-0.15, -0.1) is 0 Å². The molecule has 0 aliphatic carbocycles. The summed E-state index contributed by atoms with van der Waals surface area (Å²) in [7, 11) is 0. The molecule has 0 saturated heterocycles. The molecule has 0 bridgehead atoms. The zero-order valence-electron chi connectivity index (χ0n) is 9.02. The molecule has 1 heterocycles. The monoisotopic (exact) mass is 418 g/mol. The summed E-state index contributed by atoms with van der Waals surface area (Å²) in [5.74, 6) is 0.227. The molecule has 1 aromatic carbocycles. The Bertz CT molecular complexity index is 604. The minimum Gasteiger partial charge on any atom is -0.507 e. The van der Waals surface area contributed by atoms with Crippen molar-refractivity contribution in [2.45, 2.75) is 0 Å². The van der Waals surface area contributed by atoms with Gasteiger partial charge in [0, 0.05) is 16.2 Å². The molecule has 0 spiro atoms. The van der Waals surface area contributed by atoms with Crippen LogP contribution in [0.25, 0.3) is 0 Å². The maximum absolute atomic E-state index is 11.9. The lowest BCUT2D eigenvalue weighted by atomic mass is 10.2. The standard InChI is InChI=1S/C12H8BrIN2O2/c13-8-3-4-15-11(6-8)16-12(18)7-1-2-9(14)10(17)5-7/h1-6,17H,(H,15,16,18). The number of phenolic OH excluding ortho intramolecular Hbond substituents is 1. The number of aromatic hydroxyl groups is 1. The average Bonchev–Trinajstić information content (AvgIpc) is 2.32. The van der Waals surface area contributed by atoms with Gasteiger partial charge >= 0.3 is 0 Å². The highest BCUT2D eigenvalue weighted by molar-refractivity contribution is 14.1. The van der Waals surface area contributed by atoms with Gasteiger partial charge < -0.3 is 10.4 Å². The predicted molar refractivity (Wildman–Crippen MR) is 80.7 cm³/mol. The quantitative estimate of drug-likeness (QED) is 0.734. The van der Waals surface area contributed by atoms with E-state index in [0.717, 1.165) is 4.47 Å². The third-order valence-electron chi connectivity index (χ3n) is 2.17. The van der Waals surface area contributed by atoms with Crippen LogP contribution in [0.1, 0.15) is 10.4 Å². The number of hydrogen-bond acceptors (Lipinski definition) is 3. The molecule has 2 aromatic rings. The first-order chi connectivity index (χ1) is 8.56. The first-order valence-electron chi connectivity index (χ1n) is 4.97. The van der Waals surface area contributed by atoms with Crippen LogP contribution in [0.4, 0.5) is 5.82 Å². The summed E-state index contributed by atoms with van der Waals surface area (Å²) < 4.78 is 1.53. The molecule has 0 radical (unpaired) electrons. The maximum atomic E-state index is 11.9. The van der Waals surface area contributed by atoms with E-state index in [1.165, 1.54) is 6.07 Å². The van der Waals surface area contributed by atoms with Gasteiger partial charge in [-0.05, 0) is 52.9 Å². The van der Waals surface area contributed by atoms with E-state index in [1.54, 1.807) is 30.5 Å². The predicted octanol–water partition coefficient (Wildman–Crippen LogP) is 3.41. The first kappa shape index (κ1) is 13.3. The average molecular weight is 419 g/mol. The molecule has 6 heteroatoms. The zero-order valence-corrected chi connectivity index (χ0v) is 12.8. The van der Waals surface area contributed by atoms with Crippen molar-refractivity contribution in [1.82, 2.24) is 4.98 Å². The zero-order chi connectivity index (χ0) is 13.1. The second-order valence-corrected chi connectivity index (χ2v) is 5.56. The van der Waals surface area contributed by atoms with Crippen LogP contribution in [-0.4, -0.2) is 16.0 Å². The number of carbonyl (C=O) groups excluding carboxylic acids is 1. The number of anilines is 1. The minimum atomic E-state index is -0.313.